The number of amidine groups is 1. The van der Waals surface area contributed by atoms with E-state index >= 15 is 0 Å². The average molecular weight is 535 g/mol. The molecule has 0 bridgehead atoms. The van der Waals surface area contributed by atoms with Crippen molar-refractivity contribution < 1.29 is 17.9 Å². The third-order valence-electron chi connectivity index (χ3n) is 5.47. The Labute approximate surface area is 219 Å². The maximum absolute atomic E-state index is 13.4. The van der Waals surface area contributed by atoms with Crippen LogP contribution in [-0.4, -0.2) is 20.2 Å². The van der Waals surface area contributed by atoms with E-state index in [-0.39, 0.29) is 15.8 Å². The van der Waals surface area contributed by atoms with E-state index in [4.69, 9.17) is 32.6 Å². The lowest BCUT2D eigenvalue weighted by atomic mass is 10.0. The topological polar surface area (TPSA) is 148 Å². The van der Waals surface area contributed by atoms with Gasteiger partial charge in [-0.25, -0.2) is 13.6 Å². The fraction of sp³-hybridized carbons (Fsp3) is 0.0370. The second-order valence-corrected chi connectivity index (χ2v) is 10.0. The van der Waals surface area contributed by atoms with E-state index in [0.29, 0.717) is 33.7 Å². The third-order valence-corrected chi connectivity index (χ3v) is 6.75. The number of anilines is 1. The molecule has 0 aliphatic carbocycles. The second kappa shape index (κ2) is 10.8. The van der Waals surface area contributed by atoms with Crippen molar-refractivity contribution in [1.82, 2.24) is 0 Å². The number of nitrogens with one attached hydrogen (secondary N) is 2. The number of carbonyl (C=O) groups is 1. The van der Waals surface area contributed by atoms with E-state index in [1.54, 1.807) is 84.9 Å². The number of primary sulfonamides is 1. The van der Waals surface area contributed by atoms with Crippen LogP contribution >= 0.6 is 11.6 Å². The first-order valence-electron chi connectivity index (χ1n) is 11.0. The second-order valence-electron chi connectivity index (χ2n) is 8.08. The molecule has 0 spiro atoms. The SMILES string of the molecule is N=C(N)c1cccc(OC(C(=O)Nc2ccc(-c3ccccc3S(N)(=O)=O)cc2Cl)c2ccccc2)c1. The molecule has 1 amide bonds. The number of ether oxygens (including phenoxy) is 1. The summed E-state index contributed by atoms with van der Waals surface area (Å²) in [6, 6.07) is 26.6. The molecular formula is C27H23ClN4O4S. The third kappa shape index (κ3) is 6.15. The Bertz CT molecular complexity index is 1580. The van der Waals surface area contributed by atoms with Gasteiger partial charge in [-0.05, 0) is 35.9 Å². The Balaban J connectivity index is 1.63. The number of nitrogens with two attached hydrogens (primary N) is 2. The van der Waals surface area contributed by atoms with Crippen LogP contribution in [0.3, 0.4) is 0 Å². The highest BCUT2D eigenvalue weighted by Crippen LogP contribution is 2.33. The summed E-state index contributed by atoms with van der Waals surface area (Å²) >= 11 is 6.48. The van der Waals surface area contributed by atoms with Gasteiger partial charge >= 0.3 is 0 Å². The molecule has 4 aromatic rings. The zero-order valence-electron chi connectivity index (χ0n) is 19.4. The number of hydrogen-bond donors (Lipinski definition) is 4. The van der Waals surface area contributed by atoms with Gasteiger partial charge in [-0.2, -0.15) is 0 Å². The van der Waals surface area contributed by atoms with Crippen LogP contribution in [0.5, 0.6) is 5.75 Å². The minimum Gasteiger partial charge on any atom is -0.476 e. The molecule has 0 radical (unpaired) electrons. The fourth-order valence-corrected chi connectivity index (χ4v) is 4.70. The number of rotatable bonds is 8. The Morgan fingerprint density at radius 1 is 0.919 bits per heavy atom. The number of carbonyl (C=O) groups excluding carboxylic acids is 1. The molecule has 0 aliphatic rings. The molecule has 0 aromatic heterocycles. The van der Waals surface area contributed by atoms with Crippen LogP contribution in [0.4, 0.5) is 5.69 Å². The van der Waals surface area contributed by atoms with Crippen molar-refractivity contribution in [1.29, 1.82) is 5.41 Å². The number of amides is 1. The largest absolute Gasteiger partial charge is 0.476 e. The van der Waals surface area contributed by atoms with Gasteiger partial charge in [0.05, 0.1) is 15.6 Å². The van der Waals surface area contributed by atoms with Crippen molar-refractivity contribution >= 4 is 39.1 Å². The lowest BCUT2D eigenvalue weighted by Crippen LogP contribution is -2.26. The Morgan fingerprint density at radius 2 is 1.62 bits per heavy atom. The molecule has 6 N–H and O–H groups in total. The standard InChI is InChI=1S/C27H23ClN4O4S/c28-22-16-18(21-11-4-5-12-24(21)37(31,34)35)13-14-23(22)32-27(33)25(17-7-2-1-3-8-17)36-20-10-6-9-19(15-20)26(29)30/h1-16,25H,(H3,29,30)(H,32,33)(H2,31,34,35). The smallest absolute Gasteiger partial charge is 0.270 e. The van der Waals surface area contributed by atoms with Crippen molar-refractivity contribution in [2.24, 2.45) is 10.9 Å². The minimum absolute atomic E-state index is 0.0341. The molecule has 4 rings (SSSR count). The van der Waals surface area contributed by atoms with E-state index in [9.17, 15) is 13.2 Å². The van der Waals surface area contributed by atoms with Crippen LogP contribution in [0.15, 0.2) is 102 Å². The van der Waals surface area contributed by atoms with Gasteiger partial charge in [-0.15, -0.1) is 0 Å². The van der Waals surface area contributed by atoms with Crippen molar-refractivity contribution in [2.75, 3.05) is 5.32 Å². The first kappa shape index (κ1) is 25.9. The summed E-state index contributed by atoms with van der Waals surface area (Å²) in [4.78, 5) is 13.3. The quantitative estimate of drug-likeness (QED) is 0.191. The Hall–Kier alpha value is -4.18. The molecule has 0 saturated carbocycles. The molecule has 0 saturated heterocycles. The maximum Gasteiger partial charge on any atom is 0.270 e. The van der Waals surface area contributed by atoms with Gasteiger partial charge in [0.25, 0.3) is 5.91 Å². The molecule has 0 fully saturated rings. The first-order chi connectivity index (χ1) is 17.6. The average Bonchev–Trinajstić information content (AvgIpc) is 2.88. The summed E-state index contributed by atoms with van der Waals surface area (Å²) in [6.07, 6.45) is -1.04. The van der Waals surface area contributed by atoms with E-state index in [0.717, 1.165) is 0 Å². The van der Waals surface area contributed by atoms with Crippen LogP contribution in [0, 0.1) is 5.41 Å². The lowest BCUT2D eigenvalue weighted by Gasteiger charge is -2.20. The summed E-state index contributed by atoms with van der Waals surface area (Å²) < 4.78 is 30.0. The lowest BCUT2D eigenvalue weighted by molar-refractivity contribution is -0.123. The van der Waals surface area contributed by atoms with Crippen LogP contribution in [0.2, 0.25) is 5.02 Å². The molecule has 8 nitrogen and oxygen atoms in total. The van der Waals surface area contributed by atoms with Gasteiger partial charge in [0.1, 0.15) is 11.6 Å². The summed E-state index contributed by atoms with van der Waals surface area (Å²) in [5.41, 5.74) is 7.86. The molecule has 4 aromatic carbocycles. The molecule has 0 aliphatic heterocycles. The normalized spacial score (nSPS) is 11.9. The highest BCUT2D eigenvalue weighted by molar-refractivity contribution is 7.89. The van der Waals surface area contributed by atoms with Crippen molar-refractivity contribution in [3.63, 3.8) is 0 Å². The summed E-state index contributed by atoms with van der Waals surface area (Å²) in [6.45, 7) is 0. The summed E-state index contributed by atoms with van der Waals surface area (Å²) in [5.74, 6) is -0.251. The van der Waals surface area contributed by atoms with Crippen molar-refractivity contribution in [2.45, 2.75) is 11.0 Å². The van der Waals surface area contributed by atoms with Gasteiger partial charge in [-0.1, -0.05) is 78.3 Å². The van der Waals surface area contributed by atoms with E-state index < -0.39 is 22.0 Å². The predicted octanol–water partition coefficient (Wildman–Crippen LogP) is 4.70. The van der Waals surface area contributed by atoms with Gasteiger partial charge in [-0.3, -0.25) is 10.2 Å². The summed E-state index contributed by atoms with van der Waals surface area (Å²) in [5, 5.41) is 16.0. The van der Waals surface area contributed by atoms with E-state index in [1.165, 1.54) is 6.07 Å². The van der Waals surface area contributed by atoms with Gasteiger partial charge in [0.15, 0.2) is 0 Å². The maximum atomic E-state index is 13.4. The van der Waals surface area contributed by atoms with Crippen LogP contribution in [0.1, 0.15) is 17.2 Å². The molecule has 37 heavy (non-hydrogen) atoms. The van der Waals surface area contributed by atoms with Crippen LogP contribution in [-0.2, 0) is 14.8 Å². The molecule has 188 valence electrons. The summed E-state index contributed by atoms with van der Waals surface area (Å²) in [7, 11) is -3.95. The number of benzene rings is 4. The zero-order valence-corrected chi connectivity index (χ0v) is 21.0. The van der Waals surface area contributed by atoms with Crippen LogP contribution < -0.4 is 20.9 Å². The number of halogens is 1. The number of nitrogen functional groups attached to an aromatic ring is 1. The zero-order chi connectivity index (χ0) is 26.6. The molecule has 1 unspecified atom stereocenters. The molecular weight excluding hydrogens is 512 g/mol. The minimum atomic E-state index is -3.95. The number of sulfonamides is 1. The van der Waals surface area contributed by atoms with Crippen molar-refractivity contribution in [3.05, 3.63) is 113 Å². The van der Waals surface area contributed by atoms with Gasteiger partial charge in [0, 0.05) is 16.7 Å². The molecule has 10 heteroatoms. The Kier molecular flexibility index (Phi) is 7.58. The van der Waals surface area contributed by atoms with Gasteiger partial charge in [0.2, 0.25) is 16.1 Å². The number of hydrogen-bond acceptors (Lipinski definition) is 5. The van der Waals surface area contributed by atoms with E-state index in [1.807, 2.05) is 6.07 Å². The van der Waals surface area contributed by atoms with Crippen LogP contribution in [0.25, 0.3) is 11.1 Å². The molecule has 1 atom stereocenters. The highest BCUT2D eigenvalue weighted by Gasteiger charge is 2.24. The monoisotopic (exact) mass is 534 g/mol. The first-order valence-corrected chi connectivity index (χ1v) is 12.9. The van der Waals surface area contributed by atoms with Gasteiger partial charge < -0.3 is 15.8 Å². The predicted molar refractivity (Wildman–Crippen MR) is 144 cm³/mol. The Morgan fingerprint density at radius 3 is 2.30 bits per heavy atom. The van der Waals surface area contributed by atoms with E-state index in [2.05, 4.69) is 5.32 Å². The van der Waals surface area contributed by atoms with Crippen molar-refractivity contribution in [3.8, 4) is 16.9 Å². The molecule has 0 heterocycles. The highest BCUT2D eigenvalue weighted by atomic mass is 35.5. The fourth-order valence-electron chi connectivity index (χ4n) is 3.71.